The highest BCUT2D eigenvalue weighted by molar-refractivity contribution is 6.31. The first-order valence-electron chi connectivity index (χ1n) is 7.54. The van der Waals surface area contributed by atoms with Crippen LogP contribution in [0.2, 0.25) is 5.02 Å². The number of hydrogen-bond donors (Lipinski definition) is 1. The lowest BCUT2D eigenvalue weighted by molar-refractivity contribution is 0.0944. The molecule has 2 nitrogen and oxygen atoms in total. The lowest BCUT2D eigenvalue weighted by atomic mass is 9.87. The van der Waals surface area contributed by atoms with Gasteiger partial charge in [-0.1, -0.05) is 37.6 Å². The van der Waals surface area contributed by atoms with E-state index in [1.165, 1.54) is 11.1 Å². The van der Waals surface area contributed by atoms with Crippen molar-refractivity contribution in [3.63, 3.8) is 0 Å². The number of nitrogens with one attached hydrogen (secondary N) is 1. The first-order chi connectivity index (χ1) is 9.36. The smallest absolute Gasteiger partial charge is 0.0441 e. The topological polar surface area (TPSA) is 15.3 Å². The molecule has 0 saturated heterocycles. The van der Waals surface area contributed by atoms with Crippen LogP contribution in [-0.2, 0) is 6.42 Å². The van der Waals surface area contributed by atoms with Crippen molar-refractivity contribution in [2.24, 2.45) is 0 Å². The summed E-state index contributed by atoms with van der Waals surface area (Å²) < 4.78 is 0. The van der Waals surface area contributed by atoms with Crippen LogP contribution in [0.4, 0.5) is 0 Å². The molecule has 1 unspecified atom stereocenters. The Morgan fingerprint density at radius 1 is 1.25 bits per heavy atom. The predicted molar refractivity (Wildman–Crippen MR) is 89.7 cm³/mol. The van der Waals surface area contributed by atoms with E-state index in [2.05, 4.69) is 57.0 Å². The summed E-state index contributed by atoms with van der Waals surface area (Å²) in [6.07, 6.45) is 0.944. The molecule has 0 heterocycles. The largest absolute Gasteiger partial charge is 0.315 e. The standard InChI is InChI=1S/C17H29ClN2/c1-7-20(8-2)17(4,5)16(19-6)12-14-10-9-13(3)11-15(14)18/h9-11,16,19H,7-8,12H2,1-6H3. The van der Waals surface area contributed by atoms with E-state index >= 15 is 0 Å². The van der Waals surface area contributed by atoms with E-state index < -0.39 is 0 Å². The number of hydrogen-bond acceptors (Lipinski definition) is 2. The van der Waals surface area contributed by atoms with Crippen molar-refractivity contribution in [2.75, 3.05) is 20.1 Å². The van der Waals surface area contributed by atoms with Gasteiger partial charge in [0.2, 0.25) is 0 Å². The number of halogens is 1. The molecule has 0 bridgehead atoms. The molecule has 3 heteroatoms. The van der Waals surface area contributed by atoms with Crippen LogP contribution in [0, 0.1) is 6.92 Å². The van der Waals surface area contributed by atoms with Crippen LogP contribution in [0.5, 0.6) is 0 Å². The fourth-order valence-electron chi connectivity index (χ4n) is 3.00. The lowest BCUT2D eigenvalue weighted by Crippen LogP contribution is -2.57. The van der Waals surface area contributed by atoms with E-state index in [1.807, 2.05) is 13.1 Å². The zero-order valence-electron chi connectivity index (χ0n) is 13.8. The summed E-state index contributed by atoms with van der Waals surface area (Å²) in [4.78, 5) is 2.50. The third-order valence-corrected chi connectivity index (χ3v) is 4.76. The van der Waals surface area contributed by atoms with Crippen LogP contribution < -0.4 is 5.32 Å². The second-order valence-electron chi connectivity index (χ2n) is 5.97. The van der Waals surface area contributed by atoms with Crippen molar-refractivity contribution in [3.05, 3.63) is 34.3 Å². The summed E-state index contributed by atoms with van der Waals surface area (Å²) in [5, 5.41) is 4.36. The highest BCUT2D eigenvalue weighted by Crippen LogP contribution is 2.25. The molecule has 114 valence electrons. The molecule has 1 rings (SSSR count). The summed E-state index contributed by atoms with van der Waals surface area (Å²) >= 11 is 6.39. The monoisotopic (exact) mass is 296 g/mol. The van der Waals surface area contributed by atoms with Gasteiger partial charge in [-0.15, -0.1) is 0 Å². The lowest BCUT2D eigenvalue weighted by Gasteiger charge is -2.43. The minimum absolute atomic E-state index is 0.0897. The van der Waals surface area contributed by atoms with Crippen molar-refractivity contribution >= 4 is 11.6 Å². The van der Waals surface area contributed by atoms with Gasteiger partial charge in [0.1, 0.15) is 0 Å². The predicted octanol–water partition coefficient (Wildman–Crippen LogP) is 3.90. The fourth-order valence-corrected chi connectivity index (χ4v) is 3.31. The van der Waals surface area contributed by atoms with Gasteiger partial charge in [0.25, 0.3) is 0 Å². The number of likely N-dealkylation sites (N-methyl/N-ethyl adjacent to an activating group) is 2. The highest BCUT2D eigenvalue weighted by atomic mass is 35.5. The van der Waals surface area contributed by atoms with Crippen molar-refractivity contribution in [2.45, 2.75) is 52.6 Å². The molecule has 0 radical (unpaired) electrons. The fraction of sp³-hybridized carbons (Fsp3) is 0.647. The molecule has 0 fully saturated rings. The van der Waals surface area contributed by atoms with E-state index in [9.17, 15) is 0 Å². The van der Waals surface area contributed by atoms with Crippen LogP contribution in [0.3, 0.4) is 0 Å². The zero-order chi connectivity index (χ0) is 15.3. The van der Waals surface area contributed by atoms with Gasteiger partial charge in [-0.3, -0.25) is 4.90 Å². The van der Waals surface area contributed by atoms with Gasteiger partial charge in [-0.05, 0) is 64.5 Å². The van der Waals surface area contributed by atoms with Crippen LogP contribution in [0.1, 0.15) is 38.8 Å². The highest BCUT2D eigenvalue weighted by Gasteiger charge is 2.33. The Labute approximate surface area is 129 Å². The quantitative estimate of drug-likeness (QED) is 0.821. The van der Waals surface area contributed by atoms with E-state index in [0.717, 1.165) is 24.5 Å². The number of aryl methyl sites for hydroxylation is 1. The van der Waals surface area contributed by atoms with Crippen molar-refractivity contribution in [1.29, 1.82) is 0 Å². The van der Waals surface area contributed by atoms with Gasteiger partial charge < -0.3 is 5.32 Å². The molecule has 0 amide bonds. The maximum Gasteiger partial charge on any atom is 0.0441 e. The van der Waals surface area contributed by atoms with Crippen molar-refractivity contribution < 1.29 is 0 Å². The summed E-state index contributed by atoms with van der Waals surface area (Å²) in [6.45, 7) is 13.2. The molecular formula is C17H29ClN2. The maximum absolute atomic E-state index is 6.39. The van der Waals surface area contributed by atoms with Gasteiger partial charge >= 0.3 is 0 Å². The van der Waals surface area contributed by atoms with E-state index in [4.69, 9.17) is 11.6 Å². The molecule has 1 aromatic carbocycles. The van der Waals surface area contributed by atoms with Crippen LogP contribution >= 0.6 is 11.6 Å². The third kappa shape index (κ3) is 3.97. The van der Waals surface area contributed by atoms with E-state index in [1.54, 1.807) is 0 Å². The van der Waals surface area contributed by atoms with Crippen LogP contribution in [-0.4, -0.2) is 36.6 Å². The summed E-state index contributed by atoms with van der Waals surface area (Å²) in [5.74, 6) is 0. The molecule has 0 aliphatic carbocycles. The molecule has 0 spiro atoms. The summed E-state index contributed by atoms with van der Waals surface area (Å²) in [7, 11) is 2.04. The second-order valence-corrected chi connectivity index (χ2v) is 6.37. The molecule has 1 N–H and O–H groups in total. The molecule has 1 atom stereocenters. The number of rotatable bonds is 7. The van der Waals surface area contributed by atoms with Crippen LogP contribution in [0.15, 0.2) is 18.2 Å². The molecular weight excluding hydrogens is 268 g/mol. The molecule has 1 aromatic rings. The average molecular weight is 297 g/mol. The van der Waals surface area contributed by atoms with E-state index in [-0.39, 0.29) is 5.54 Å². The Bertz CT molecular complexity index is 425. The van der Waals surface area contributed by atoms with Gasteiger partial charge in [-0.25, -0.2) is 0 Å². The molecule has 0 aromatic heterocycles. The minimum Gasteiger partial charge on any atom is -0.315 e. The Balaban J connectivity index is 2.96. The number of benzene rings is 1. The van der Waals surface area contributed by atoms with Gasteiger partial charge in [0, 0.05) is 16.6 Å². The Morgan fingerprint density at radius 3 is 2.30 bits per heavy atom. The van der Waals surface area contributed by atoms with E-state index in [0.29, 0.717) is 6.04 Å². The SMILES string of the molecule is CCN(CC)C(C)(C)C(Cc1ccc(C)cc1Cl)NC. The molecule has 0 saturated carbocycles. The van der Waals surface area contributed by atoms with Crippen LogP contribution in [0.25, 0.3) is 0 Å². The first kappa shape index (κ1) is 17.5. The first-order valence-corrected chi connectivity index (χ1v) is 7.91. The van der Waals surface area contributed by atoms with Gasteiger partial charge in [0.15, 0.2) is 0 Å². The Kier molecular flexibility index (Phi) is 6.50. The Hall–Kier alpha value is -0.570. The van der Waals surface area contributed by atoms with Gasteiger partial charge in [0.05, 0.1) is 0 Å². The summed E-state index contributed by atoms with van der Waals surface area (Å²) in [5.41, 5.74) is 2.52. The zero-order valence-corrected chi connectivity index (χ0v) is 14.5. The van der Waals surface area contributed by atoms with Crippen molar-refractivity contribution in [1.82, 2.24) is 10.2 Å². The molecule has 0 aliphatic rings. The van der Waals surface area contributed by atoms with Gasteiger partial charge in [-0.2, -0.15) is 0 Å². The minimum atomic E-state index is 0.0897. The normalized spacial score (nSPS) is 13.8. The molecule has 0 aliphatic heterocycles. The maximum atomic E-state index is 6.39. The average Bonchev–Trinajstić information content (AvgIpc) is 2.38. The summed E-state index contributed by atoms with van der Waals surface area (Å²) in [6, 6.07) is 6.70. The number of nitrogens with zero attached hydrogens (tertiary/aromatic N) is 1. The third-order valence-electron chi connectivity index (χ3n) is 4.41. The second kappa shape index (κ2) is 7.44. The Morgan fingerprint density at radius 2 is 1.85 bits per heavy atom. The molecule has 20 heavy (non-hydrogen) atoms. The van der Waals surface area contributed by atoms with Crippen molar-refractivity contribution in [3.8, 4) is 0 Å².